The molecule has 4 nitrogen and oxygen atoms in total. The lowest BCUT2D eigenvalue weighted by Crippen LogP contribution is -2.50. The van der Waals surface area contributed by atoms with Crippen LogP contribution in [0.5, 0.6) is 0 Å². The average molecular weight is 347 g/mol. The summed E-state index contributed by atoms with van der Waals surface area (Å²) in [6.07, 6.45) is 0.455. The van der Waals surface area contributed by atoms with Gasteiger partial charge in [0.05, 0.1) is 17.2 Å². The summed E-state index contributed by atoms with van der Waals surface area (Å²) < 4.78 is 0. The average Bonchev–Trinajstić information content (AvgIpc) is 3.09. The van der Waals surface area contributed by atoms with Gasteiger partial charge in [-0.1, -0.05) is 25.1 Å². The van der Waals surface area contributed by atoms with Crippen molar-refractivity contribution >= 4 is 11.4 Å². The molecule has 0 aliphatic carbocycles. The fourth-order valence-electron chi connectivity index (χ4n) is 4.54. The standard InChI is InChI=1S/C22H25N3O/c1-12-10-16(15-7-5-6-14-8-9-24-20(14)15)17(11-23)18-13(2)21(26)22(3,4)25-19(12)18/h5-7,10,13,21,24-26H,8-9H2,1-4H3/t13-,21+/m1/s1. The number of aliphatic hydroxyl groups excluding tert-OH is 1. The molecule has 2 atom stereocenters. The van der Waals surface area contributed by atoms with Crippen molar-refractivity contribution in [3.05, 3.63) is 46.5 Å². The summed E-state index contributed by atoms with van der Waals surface area (Å²) in [6.45, 7) is 9.04. The zero-order chi connectivity index (χ0) is 18.6. The Balaban J connectivity index is 2.00. The number of hydrogen-bond acceptors (Lipinski definition) is 4. The summed E-state index contributed by atoms with van der Waals surface area (Å²) in [4.78, 5) is 0. The van der Waals surface area contributed by atoms with E-state index in [4.69, 9.17) is 0 Å². The van der Waals surface area contributed by atoms with Crippen molar-refractivity contribution in [2.45, 2.75) is 51.7 Å². The van der Waals surface area contributed by atoms with Crippen LogP contribution in [0.1, 0.15) is 48.9 Å². The molecule has 2 aromatic carbocycles. The zero-order valence-electron chi connectivity index (χ0n) is 15.8. The molecule has 4 heteroatoms. The number of rotatable bonds is 1. The highest BCUT2D eigenvalue weighted by Crippen LogP contribution is 2.47. The Morgan fingerprint density at radius 1 is 1.23 bits per heavy atom. The molecular weight excluding hydrogens is 322 g/mol. The number of aliphatic hydroxyl groups is 1. The Kier molecular flexibility index (Phi) is 3.75. The van der Waals surface area contributed by atoms with Crippen LogP contribution in [0, 0.1) is 18.3 Å². The number of fused-ring (bicyclic) bond motifs is 2. The molecule has 134 valence electrons. The number of nitrogens with one attached hydrogen (secondary N) is 2. The number of benzene rings is 2. The van der Waals surface area contributed by atoms with Gasteiger partial charge < -0.3 is 15.7 Å². The van der Waals surface area contributed by atoms with Crippen molar-refractivity contribution < 1.29 is 5.11 Å². The molecule has 2 aliphatic heterocycles. The van der Waals surface area contributed by atoms with Crippen molar-refractivity contribution in [3.8, 4) is 17.2 Å². The van der Waals surface area contributed by atoms with Crippen LogP contribution in [0.15, 0.2) is 24.3 Å². The summed E-state index contributed by atoms with van der Waals surface area (Å²) in [5.41, 5.74) is 7.75. The lowest BCUT2D eigenvalue weighted by atomic mass is 9.75. The monoisotopic (exact) mass is 347 g/mol. The van der Waals surface area contributed by atoms with Crippen molar-refractivity contribution in [2.75, 3.05) is 17.2 Å². The molecule has 0 aromatic heterocycles. The van der Waals surface area contributed by atoms with Gasteiger partial charge in [-0.3, -0.25) is 0 Å². The van der Waals surface area contributed by atoms with E-state index in [0.717, 1.165) is 46.6 Å². The second-order valence-electron chi connectivity index (χ2n) is 8.11. The third-order valence-electron chi connectivity index (χ3n) is 5.93. The molecule has 2 aliphatic rings. The van der Waals surface area contributed by atoms with Crippen LogP contribution in [-0.2, 0) is 6.42 Å². The van der Waals surface area contributed by atoms with E-state index in [1.54, 1.807) is 0 Å². The number of nitriles is 1. The van der Waals surface area contributed by atoms with E-state index < -0.39 is 11.6 Å². The molecule has 0 saturated heterocycles. The first-order valence-corrected chi connectivity index (χ1v) is 9.25. The minimum absolute atomic E-state index is 0.112. The largest absolute Gasteiger partial charge is 0.390 e. The SMILES string of the molecule is Cc1cc(-c2cccc3c2NCC3)c(C#N)c2c1NC(C)(C)[C@@H](O)[C@@H]2C. The molecule has 26 heavy (non-hydrogen) atoms. The molecule has 0 unspecified atom stereocenters. The summed E-state index contributed by atoms with van der Waals surface area (Å²) in [5.74, 6) is -0.112. The van der Waals surface area contributed by atoms with Gasteiger partial charge in [-0.15, -0.1) is 0 Å². The summed E-state index contributed by atoms with van der Waals surface area (Å²) >= 11 is 0. The van der Waals surface area contributed by atoms with Gasteiger partial charge in [0.25, 0.3) is 0 Å². The summed E-state index contributed by atoms with van der Waals surface area (Å²) in [6, 6.07) is 10.8. The van der Waals surface area contributed by atoms with Gasteiger partial charge in [-0.2, -0.15) is 5.26 Å². The first-order valence-electron chi connectivity index (χ1n) is 9.25. The number of hydrogen-bond donors (Lipinski definition) is 3. The molecule has 2 heterocycles. The number of nitrogens with zero attached hydrogens (tertiary/aromatic N) is 1. The molecule has 3 N–H and O–H groups in total. The van der Waals surface area contributed by atoms with Crippen LogP contribution in [0.3, 0.4) is 0 Å². The summed E-state index contributed by atoms with van der Waals surface area (Å²) in [5, 5.41) is 27.8. The smallest absolute Gasteiger partial charge is 0.100 e. The molecule has 0 bridgehead atoms. The van der Waals surface area contributed by atoms with Crippen LogP contribution < -0.4 is 10.6 Å². The Labute approximate surface area is 154 Å². The molecule has 2 aromatic rings. The Morgan fingerprint density at radius 2 is 2.00 bits per heavy atom. The minimum atomic E-state index is -0.559. The Hall–Kier alpha value is -2.51. The second-order valence-corrected chi connectivity index (χ2v) is 8.11. The van der Waals surface area contributed by atoms with Gasteiger partial charge in [-0.25, -0.2) is 0 Å². The minimum Gasteiger partial charge on any atom is -0.390 e. The van der Waals surface area contributed by atoms with Crippen molar-refractivity contribution in [3.63, 3.8) is 0 Å². The van der Waals surface area contributed by atoms with Crippen LogP contribution in [0.25, 0.3) is 11.1 Å². The predicted molar refractivity (Wildman–Crippen MR) is 106 cm³/mol. The van der Waals surface area contributed by atoms with Gasteiger partial charge in [0.15, 0.2) is 0 Å². The zero-order valence-corrected chi connectivity index (χ0v) is 15.8. The van der Waals surface area contributed by atoms with Crippen molar-refractivity contribution in [1.82, 2.24) is 0 Å². The van der Waals surface area contributed by atoms with Gasteiger partial charge in [0.1, 0.15) is 6.07 Å². The second kappa shape index (κ2) is 5.75. The molecular formula is C22H25N3O. The van der Waals surface area contributed by atoms with Gasteiger partial charge in [0, 0.05) is 35.0 Å². The molecule has 0 fully saturated rings. The van der Waals surface area contributed by atoms with Crippen molar-refractivity contribution in [1.29, 1.82) is 5.26 Å². The molecule has 0 spiro atoms. The maximum absolute atomic E-state index is 10.8. The van der Waals surface area contributed by atoms with E-state index in [9.17, 15) is 10.4 Å². The van der Waals surface area contributed by atoms with E-state index in [1.165, 1.54) is 5.56 Å². The molecule has 0 radical (unpaired) electrons. The third-order valence-corrected chi connectivity index (χ3v) is 5.93. The number of para-hydroxylation sites is 1. The van der Waals surface area contributed by atoms with Crippen LogP contribution in [-0.4, -0.2) is 23.3 Å². The van der Waals surface area contributed by atoms with E-state index >= 15 is 0 Å². The van der Waals surface area contributed by atoms with E-state index in [-0.39, 0.29) is 5.92 Å². The fourth-order valence-corrected chi connectivity index (χ4v) is 4.54. The Morgan fingerprint density at radius 3 is 2.73 bits per heavy atom. The van der Waals surface area contributed by atoms with Gasteiger partial charge in [-0.05, 0) is 49.9 Å². The van der Waals surface area contributed by atoms with Crippen LogP contribution in [0.2, 0.25) is 0 Å². The van der Waals surface area contributed by atoms with E-state index in [1.807, 2.05) is 20.8 Å². The lowest BCUT2D eigenvalue weighted by molar-refractivity contribution is 0.0868. The first-order chi connectivity index (χ1) is 12.3. The summed E-state index contributed by atoms with van der Waals surface area (Å²) in [7, 11) is 0. The quantitative estimate of drug-likeness (QED) is 0.724. The van der Waals surface area contributed by atoms with E-state index in [0.29, 0.717) is 5.56 Å². The third kappa shape index (κ3) is 2.31. The molecule has 4 rings (SSSR count). The van der Waals surface area contributed by atoms with E-state index in [2.05, 4.69) is 47.9 Å². The highest BCUT2D eigenvalue weighted by atomic mass is 16.3. The normalized spacial score (nSPS) is 22.6. The van der Waals surface area contributed by atoms with Crippen LogP contribution in [0.4, 0.5) is 11.4 Å². The number of anilines is 2. The van der Waals surface area contributed by atoms with Crippen LogP contribution >= 0.6 is 0 Å². The lowest BCUT2D eigenvalue weighted by Gasteiger charge is -2.43. The highest BCUT2D eigenvalue weighted by Gasteiger charge is 2.41. The predicted octanol–water partition coefficient (Wildman–Crippen LogP) is 4.17. The molecule has 0 saturated carbocycles. The maximum atomic E-state index is 10.8. The topological polar surface area (TPSA) is 68.1 Å². The first kappa shape index (κ1) is 16.9. The molecule has 0 amide bonds. The number of aryl methyl sites for hydroxylation is 1. The maximum Gasteiger partial charge on any atom is 0.100 e. The highest BCUT2D eigenvalue weighted by molar-refractivity contribution is 5.88. The van der Waals surface area contributed by atoms with Gasteiger partial charge in [0.2, 0.25) is 0 Å². The van der Waals surface area contributed by atoms with Crippen molar-refractivity contribution in [2.24, 2.45) is 0 Å². The van der Waals surface area contributed by atoms with Gasteiger partial charge >= 0.3 is 0 Å². The fraction of sp³-hybridized carbons (Fsp3) is 0.409. The Bertz CT molecular complexity index is 939.